The number of hydrogen-bond acceptors (Lipinski definition) is 3. The highest BCUT2D eigenvalue weighted by Gasteiger charge is 2.33. The largest absolute Gasteiger partial charge is 0.463 e. The van der Waals surface area contributed by atoms with Gasteiger partial charge in [-0.15, -0.1) is 0 Å². The number of furan rings is 1. The number of morpholine rings is 1. The smallest absolute Gasteiger partial charge is 0.223 e. The minimum Gasteiger partial charge on any atom is -0.463 e. The van der Waals surface area contributed by atoms with E-state index >= 15 is 0 Å². The van der Waals surface area contributed by atoms with Crippen molar-refractivity contribution in [3.05, 3.63) is 24.2 Å². The molecule has 0 unspecified atom stereocenters. The van der Waals surface area contributed by atoms with Crippen molar-refractivity contribution in [2.75, 3.05) is 32.8 Å². The van der Waals surface area contributed by atoms with E-state index in [-0.39, 0.29) is 17.9 Å². The van der Waals surface area contributed by atoms with Crippen LogP contribution in [0.5, 0.6) is 0 Å². The van der Waals surface area contributed by atoms with Gasteiger partial charge in [-0.25, -0.2) is 0 Å². The van der Waals surface area contributed by atoms with Crippen LogP contribution >= 0.6 is 0 Å². The van der Waals surface area contributed by atoms with Crippen molar-refractivity contribution in [1.29, 1.82) is 0 Å². The molecular weight excluding hydrogens is 244 g/mol. The van der Waals surface area contributed by atoms with Crippen LogP contribution in [0.25, 0.3) is 0 Å². The fourth-order valence-corrected chi connectivity index (χ4v) is 2.61. The summed E-state index contributed by atoms with van der Waals surface area (Å²) in [5, 5.41) is 3.07. The average molecular weight is 265 g/mol. The molecule has 2 fully saturated rings. The van der Waals surface area contributed by atoms with Crippen molar-refractivity contribution < 1.29 is 18.8 Å². The molecule has 5 heteroatoms. The number of quaternary nitrogens is 1. The van der Waals surface area contributed by atoms with Crippen molar-refractivity contribution in [2.24, 2.45) is 5.92 Å². The van der Waals surface area contributed by atoms with E-state index in [1.807, 2.05) is 12.1 Å². The van der Waals surface area contributed by atoms with Gasteiger partial charge in [-0.2, -0.15) is 0 Å². The second-order valence-electron chi connectivity index (χ2n) is 5.36. The van der Waals surface area contributed by atoms with E-state index < -0.39 is 0 Å². The van der Waals surface area contributed by atoms with E-state index in [0.29, 0.717) is 6.54 Å². The Balaban J connectivity index is 1.63. The zero-order valence-corrected chi connectivity index (χ0v) is 11.1. The van der Waals surface area contributed by atoms with E-state index in [4.69, 9.17) is 9.15 Å². The third-order valence-electron chi connectivity index (χ3n) is 3.94. The molecule has 1 aromatic heterocycles. The lowest BCUT2D eigenvalue weighted by molar-refractivity contribution is -0.938. The second kappa shape index (κ2) is 5.75. The van der Waals surface area contributed by atoms with Crippen LogP contribution in [0.4, 0.5) is 0 Å². The number of hydrogen-bond donors (Lipinski definition) is 2. The maximum atomic E-state index is 11.8. The molecule has 2 aliphatic rings. The van der Waals surface area contributed by atoms with Crippen molar-refractivity contribution in [2.45, 2.75) is 18.9 Å². The number of carbonyl (C=O) groups is 1. The normalized spacial score (nSPS) is 22.1. The van der Waals surface area contributed by atoms with Gasteiger partial charge in [0, 0.05) is 5.92 Å². The summed E-state index contributed by atoms with van der Waals surface area (Å²) < 4.78 is 10.9. The second-order valence-corrected chi connectivity index (χ2v) is 5.36. The van der Waals surface area contributed by atoms with Crippen molar-refractivity contribution in [1.82, 2.24) is 5.32 Å². The highest BCUT2D eigenvalue weighted by Crippen LogP contribution is 2.28. The molecule has 2 N–H and O–H groups in total. The molecule has 1 amide bonds. The molecule has 1 aromatic rings. The van der Waals surface area contributed by atoms with Gasteiger partial charge < -0.3 is 19.4 Å². The van der Waals surface area contributed by atoms with Crippen molar-refractivity contribution >= 4 is 5.91 Å². The lowest BCUT2D eigenvalue weighted by Gasteiger charge is -2.30. The van der Waals surface area contributed by atoms with Crippen LogP contribution < -0.4 is 10.2 Å². The van der Waals surface area contributed by atoms with Crippen LogP contribution in [-0.2, 0) is 9.53 Å². The number of amides is 1. The summed E-state index contributed by atoms with van der Waals surface area (Å²) in [6.07, 6.45) is 3.79. The van der Waals surface area contributed by atoms with E-state index in [1.54, 1.807) is 6.26 Å². The standard InChI is InChI=1S/C14H20N2O3/c17-14(11-3-4-11)15-10-12(13-2-1-7-19-13)16-5-8-18-9-6-16/h1-2,7,11-12H,3-6,8-10H2,(H,15,17)/p+1/t12-/m1/s1. The lowest BCUT2D eigenvalue weighted by atomic mass is 10.1. The fourth-order valence-electron chi connectivity index (χ4n) is 2.61. The molecule has 104 valence electrons. The molecule has 1 saturated carbocycles. The third kappa shape index (κ3) is 3.16. The highest BCUT2D eigenvalue weighted by atomic mass is 16.5. The summed E-state index contributed by atoms with van der Waals surface area (Å²) >= 11 is 0. The monoisotopic (exact) mass is 265 g/mol. The SMILES string of the molecule is O=C(NC[C@H](c1ccco1)[NH+]1CCOCC1)C1CC1. The average Bonchev–Trinajstić information content (AvgIpc) is 3.17. The van der Waals surface area contributed by atoms with Gasteiger partial charge in [0.15, 0.2) is 11.8 Å². The molecule has 1 saturated heterocycles. The molecule has 3 rings (SSSR count). The van der Waals surface area contributed by atoms with Crippen LogP contribution in [0.1, 0.15) is 24.6 Å². The molecule has 0 radical (unpaired) electrons. The van der Waals surface area contributed by atoms with Crippen LogP contribution in [0.3, 0.4) is 0 Å². The van der Waals surface area contributed by atoms with Crippen LogP contribution in [0, 0.1) is 5.92 Å². The first-order valence-electron chi connectivity index (χ1n) is 7.08. The zero-order valence-electron chi connectivity index (χ0n) is 11.1. The Kier molecular flexibility index (Phi) is 3.84. The Morgan fingerprint density at radius 2 is 2.21 bits per heavy atom. The number of nitrogens with one attached hydrogen (secondary N) is 2. The van der Waals surface area contributed by atoms with Crippen LogP contribution in [0.2, 0.25) is 0 Å². The number of carbonyl (C=O) groups excluding carboxylic acids is 1. The summed E-state index contributed by atoms with van der Waals surface area (Å²) in [6, 6.07) is 4.10. The quantitative estimate of drug-likeness (QED) is 0.773. The van der Waals surface area contributed by atoms with E-state index in [9.17, 15) is 4.79 Å². The van der Waals surface area contributed by atoms with Crippen LogP contribution in [0.15, 0.2) is 22.8 Å². The summed E-state index contributed by atoms with van der Waals surface area (Å²) in [7, 11) is 0. The van der Waals surface area contributed by atoms with Gasteiger partial charge >= 0.3 is 0 Å². The van der Waals surface area contributed by atoms with Crippen LogP contribution in [-0.4, -0.2) is 38.8 Å². The minimum absolute atomic E-state index is 0.196. The molecule has 2 heterocycles. The first-order chi connectivity index (χ1) is 9.34. The summed E-state index contributed by atoms with van der Waals surface area (Å²) in [5.74, 6) is 1.41. The van der Waals surface area contributed by atoms with E-state index in [1.165, 1.54) is 4.90 Å². The first-order valence-corrected chi connectivity index (χ1v) is 7.08. The minimum atomic E-state index is 0.196. The van der Waals surface area contributed by atoms with Crippen molar-refractivity contribution in [3.8, 4) is 0 Å². The molecular formula is C14H21N2O3+. The maximum Gasteiger partial charge on any atom is 0.223 e. The zero-order chi connectivity index (χ0) is 13.1. The molecule has 0 aromatic carbocycles. The number of ether oxygens (including phenoxy) is 1. The van der Waals surface area contributed by atoms with E-state index in [2.05, 4.69) is 5.32 Å². The molecule has 5 nitrogen and oxygen atoms in total. The highest BCUT2D eigenvalue weighted by molar-refractivity contribution is 5.80. The molecule has 1 aliphatic carbocycles. The van der Waals surface area contributed by atoms with E-state index in [0.717, 1.165) is 44.9 Å². The van der Waals surface area contributed by atoms with Gasteiger partial charge in [0.25, 0.3) is 0 Å². The summed E-state index contributed by atoms with van der Waals surface area (Å²) in [5.41, 5.74) is 0. The fraction of sp³-hybridized carbons (Fsp3) is 0.643. The Morgan fingerprint density at radius 1 is 1.42 bits per heavy atom. The van der Waals surface area contributed by atoms with Gasteiger partial charge in [0.2, 0.25) is 5.91 Å². The van der Waals surface area contributed by atoms with Gasteiger partial charge in [0.05, 0.1) is 26.0 Å². The Hall–Kier alpha value is -1.33. The predicted octanol–water partition coefficient (Wildman–Crippen LogP) is -0.238. The van der Waals surface area contributed by atoms with Gasteiger partial charge in [0.1, 0.15) is 13.1 Å². The molecule has 0 bridgehead atoms. The maximum absolute atomic E-state index is 11.8. The molecule has 0 spiro atoms. The summed E-state index contributed by atoms with van der Waals surface area (Å²) in [4.78, 5) is 13.2. The van der Waals surface area contributed by atoms with Gasteiger partial charge in [-0.1, -0.05) is 0 Å². The topological polar surface area (TPSA) is 55.9 Å². The van der Waals surface area contributed by atoms with Crippen molar-refractivity contribution in [3.63, 3.8) is 0 Å². The summed E-state index contributed by atoms with van der Waals surface area (Å²) in [6.45, 7) is 4.14. The predicted molar refractivity (Wildman–Crippen MR) is 68.7 cm³/mol. The molecule has 1 aliphatic heterocycles. The first kappa shape index (κ1) is 12.7. The molecule has 19 heavy (non-hydrogen) atoms. The third-order valence-corrected chi connectivity index (χ3v) is 3.94. The van der Waals surface area contributed by atoms with Gasteiger partial charge in [-0.3, -0.25) is 4.79 Å². The lowest BCUT2D eigenvalue weighted by Crippen LogP contribution is -3.15. The number of rotatable bonds is 5. The Bertz CT molecular complexity index is 408. The molecule has 1 atom stereocenters. The van der Waals surface area contributed by atoms with Gasteiger partial charge in [-0.05, 0) is 25.0 Å². The Morgan fingerprint density at radius 3 is 2.84 bits per heavy atom. The Labute approximate surface area is 112 Å².